The fraction of sp³-hybridized carbons (Fsp3) is 0.905. The van der Waals surface area contributed by atoms with Gasteiger partial charge in [-0.3, -0.25) is 0 Å². The summed E-state index contributed by atoms with van der Waals surface area (Å²) in [6.07, 6.45) is -4.57. The van der Waals surface area contributed by atoms with Crippen LogP contribution in [0.1, 0.15) is 19.8 Å². The average molecular weight is 604 g/mol. The van der Waals surface area contributed by atoms with E-state index < -0.39 is 93.4 Å². The molecule has 11 atom stereocenters. The molecule has 39 heavy (non-hydrogen) atoms. The molecule has 1 aliphatic carbocycles. The normalized spacial score (nSPS) is 42.2. The van der Waals surface area contributed by atoms with Crippen LogP contribution in [-0.4, -0.2) is 136 Å². The van der Waals surface area contributed by atoms with E-state index in [9.17, 15) is 32.2 Å². The van der Waals surface area contributed by atoms with Crippen LogP contribution >= 0.6 is 0 Å². The molecule has 2 heterocycles. The Kier molecular flexibility index (Phi) is 10.1. The van der Waals surface area contributed by atoms with E-state index in [1.165, 1.54) is 14.0 Å². The zero-order chi connectivity index (χ0) is 29.5. The molecule has 3 aliphatic rings. The van der Waals surface area contributed by atoms with Gasteiger partial charge in [-0.15, -0.1) is 0 Å². The van der Waals surface area contributed by atoms with Crippen molar-refractivity contribution in [2.24, 2.45) is 17.2 Å². The van der Waals surface area contributed by atoms with Crippen molar-refractivity contribution in [1.82, 2.24) is 9.03 Å². The summed E-state index contributed by atoms with van der Waals surface area (Å²) in [6, 6.07) is -3.99. The monoisotopic (exact) mass is 603 g/mol. The van der Waals surface area contributed by atoms with Gasteiger partial charge in [0.15, 0.2) is 6.29 Å². The van der Waals surface area contributed by atoms with Crippen molar-refractivity contribution in [2.75, 3.05) is 32.7 Å². The number of hydrogen-bond donors (Lipinski definition) is 7. The summed E-state index contributed by atoms with van der Waals surface area (Å²) in [7, 11) is -6.50. The molecule has 10 N–H and O–H groups in total. The van der Waals surface area contributed by atoms with Crippen molar-refractivity contribution >= 4 is 20.0 Å². The molecule has 2 aliphatic heterocycles. The molecule has 3 rings (SSSR count). The second-order valence-corrected chi connectivity index (χ2v) is 14.4. The molecular formula is C21H41N5O11S2. The molecule has 0 unspecified atom stereocenters. The minimum Gasteiger partial charge on any atom is -0.467 e. The number of ether oxygens (including phenoxy) is 4. The highest BCUT2D eigenvalue weighted by molar-refractivity contribution is 7.88. The number of aliphatic hydroxyl groups excluding tert-OH is 2. The van der Waals surface area contributed by atoms with Gasteiger partial charge in [0.1, 0.15) is 35.8 Å². The summed E-state index contributed by atoms with van der Waals surface area (Å²) in [5, 5.41) is 33.2. The standard InChI is InChI=1S/C21H41N5O11S2/c1-21(29)9-34-20(15(28)18(21)26(2)39(4,32)33)37-17-13(25-38(3,30)31)7-12(24)16(14(17)27)36-19-11(23)6-5-10(8-22)35-19/h5,11-20,25,27-29H,6-9,22-24H2,1-4H3/t11-,12+,13-,14+,15-,16-,17+,18-,19-,20-,21+/m1/s1. The number of rotatable bonds is 9. The van der Waals surface area contributed by atoms with Gasteiger partial charge in [-0.2, -0.15) is 4.31 Å². The van der Waals surface area contributed by atoms with E-state index in [2.05, 4.69) is 4.72 Å². The second kappa shape index (κ2) is 12.1. The minimum atomic E-state index is -3.87. The summed E-state index contributed by atoms with van der Waals surface area (Å²) in [4.78, 5) is 0. The summed E-state index contributed by atoms with van der Waals surface area (Å²) in [5.41, 5.74) is 16.2. The van der Waals surface area contributed by atoms with Gasteiger partial charge in [0.25, 0.3) is 0 Å². The number of hydrogen-bond acceptors (Lipinski definition) is 14. The van der Waals surface area contributed by atoms with Crippen molar-refractivity contribution in [3.63, 3.8) is 0 Å². The lowest BCUT2D eigenvalue weighted by atomic mass is 9.84. The lowest BCUT2D eigenvalue weighted by Gasteiger charge is -2.50. The van der Waals surface area contributed by atoms with Crippen LogP contribution < -0.4 is 21.9 Å². The molecule has 16 nitrogen and oxygen atoms in total. The average Bonchev–Trinajstić information content (AvgIpc) is 2.79. The third-order valence-electron chi connectivity index (χ3n) is 7.10. The van der Waals surface area contributed by atoms with E-state index in [0.29, 0.717) is 12.2 Å². The Morgan fingerprint density at radius 1 is 1.10 bits per heavy atom. The SMILES string of the molecule is CN([C@@H]1[C@@H](O)[C@@H](O[C@@H]2[C@@H](O)[C@H](O[C@H]3OC(CN)=CC[C@H]3N)[C@@H](N)C[C@H]2NS(C)(=O)=O)OC[C@]1(C)O)S(C)(=O)=O. The fourth-order valence-corrected chi connectivity index (χ4v) is 6.65. The number of aliphatic hydroxyl groups is 3. The van der Waals surface area contributed by atoms with E-state index >= 15 is 0 Å². The third-order valence-corrected chi connectivity index (χ3v) is 9.10. The zero-order valence-corrected chi connectivity index (χ0v) is 23.9. The van der Waals surface area contributed by atoms with Crippen LogP contribution in [0.2, 0.25) is 0 Å². The molecular weight excluding hydrogens is 562 g/mol. The topological polar surface area (TPSA) is 259 Å². The summed E-state index contributed by atoms with van der Waals surface area (Å²) in [5.74, 6) is 0.441. The smallest absolute Gasteiger partial charge is 0.215 e. The summed E-state index contributed by atoms with van der Waals surface area (Å²) >= 11 is 0. The first-order chi connectivity index (χ1) is 17.9. The maximum absolute atomic E-state index is 12.2. The molecule has 2 fully saturated rings. The predicted octanol–water partition coefficient (Wildman–Crippen LogP) is -4.59. The zero-order valence-electron chi connectivity index (χ0n) is 22.3. The van der Waals surface area contributed by atoms with Crippen molar-refractivity contribution in [3.05, 3.63) is 11.8 Å². The van der Waals surface area contributed by atoms with Crippen LogP contribution in [0.15, 0.2) is 11.8 Å². The second-order valence-electron chi connectivity index (χ2n) is 10.6. The highest BCUT2D eigenvalue weighted by atomic mass is 32.2. The van der Waals surface area contributed by atoms with Crippen molar-refractivity contribution in [2.45, 2.75) is 86.5 Å². The van der Waals surface area contributed by atoms with Crippen LogP contribution in [0.25, 0.3) is 0 Å². The third kappa shape index (κ3) is 7.64. The van der Waals surface area contributed by atoms with E-state index in [-0.39, 0.29) is 13.0 Å². The quantitative estimate of drug-likeness (QED) is 0.131. The first kappa shape index (κ1) is 32.5. The van der Waals surface area contributed by atoms with Gasteiger partial charge in [0.05, 0.1) is 43.8 Å². The number of nitrogens with one attached hydrogen (secondary N) is 1. The van der Waals surface area contributed by atoms with E-state index in [1.54, 1.807) is 6.08 Å². The molecule has 0 spiro atoms. The van der Waals surface area contributed by atoms with Crippen LogP contribution in [0.5, 0.6) is 0 Å². The van der Waals surface area contributed by atoms with E-state index in [0.717, 1.165) is 16.8 Å². The van der Waals surface area contributed by atoms with Crippen molar-refractivity contribution in [1.29, 1.82) is 0 Å². The Morgan fingerprint density at radius 3 is 2.28 bits per heavy atom. The number of nitrogens with two attached hydrogens (primary N) is 3. The van der Waals surface area contributed by atoms with E-state index in [4.69, 9.17) is 36.1 Å². The van der Waals surface area contributed by atoms with Crippen LogP contribution in [-0.2, 0) is 39.0 Å². The van der Waals surface area contributed by atoms with Gasteiger partial charge in [0, 0.05) is 13.1 Å². The van der Waals surface area contributed by atoms with Gasteiger partial charge < -0.3 is 51.5 Å². The van der Waals surface area contributed by atoms with Crippen LogP contribution in [0.4, 0.5) is 0 Å². The first-order valence-electron chi connectivity index (χ1n) is 12.3. The molecule has 228 valence electrons. The molecule has 1 saturated heterocycles. The Morgan fingerprint density at radius 2 is 1.72 bits per heavy atom. The Bertz CT molecular complexity index is 1110. The lowest BCUT2D eigenvalue weighted by Crippen LogP contribution is -2.69. The van der Waals surface area contributed by atoms with Gasteiger partial charge in [-0.1, -0.05) is 0 Å². The van der Waals surface area contributed by atoms with Gasteiger partial charge in [0.2, 0.25) is 26.3 Å². The summed E-state index contributed by atoms with van der Waals surface area (Å²) in [6.45, 7) is 0.953. The molecule has 0 aromatic carbocycles. The molecule has 0 aromatic rings. The number of likely N-dealkylation sites (N-methyl/N-ethyl adjacent to an activating group) is 1. The molecule has 0 bridgehead atoms. The van der Waals surface area contributed by atoms with Crippen molar-refractivity contribution in [3.8, 4) is 0 Å². The lowest BCUT2D eigenvalue weighted by molar-refractivity contribution is -0.308. The molecule has 18 heteroatoms. The summed E-state index contributed by atoms with van der Waals surface area (Å²) < 4.78 is 74.8. The predicted molar refractivity (Wildman–Crippen MR) is 137 cm³/mol. The van der Waals surface area contributed by atoms with E-state index in [1.807, 2.05) is 0 Å². The van der Waals surface area contributed by atoms with Gasteiger partial charge in [-0.05, 0) is 25.8 Å². The largest absolute Gasteiger partial charge is 0.467 e. The van der Waals surface area contributed by atoms with Crippen LogP contribution in [0, 0.1) is 0 Å². The molecule has 0 radical (unpaired) electrons. The minimum absolute atomic E-state index is 0.0613. The highest BCUT2D eigenvalue weighted by Crippen LogP contribution is 2.34. The fourth-order valence-electron chi connectivity index (χ4n) is 5.10. The first-order valence-corrected chi connectivity index (χ1v) is 16.1. The van der Waals surface area contributed by atoms with Crippen molar-refractivity contribution < 1.29 is 51.1 Å². The van der Waals surface area contributed by atoms with Gasteiger partial charge in [-0.25, -0.2) is 21.6 Å². The Labute approximate surface area is 228 Å². The highest BCUT2D eigenvalue weighted by Gasteiger charge is 2.54. The van der Waals surface area contributed by atoms with Crippen LogP contribution in [0.3, 0.4) is 0 Å². The Balaban J connectivity index is 1.88. The molecule has 0 aromatic heterocycles. The maximum Gasteiger partial charge on any atom is 0.215 e. The molecule has 1 saturated carbocycles. The molecule has 0 amide bonds. The number of nitrogens with zero attached hydrogens (tertiary/aromatic N) is 1. The maximum atomic E-state index is 12.2. The number of sulfonamides is 2. The van der Waals surface area contributed by atoms with Gasteiger partial charge >= 0.3 is 0 Å². The Hall–Kier alpha value is -1.00.